The van der Waals surface area contributed by atoms with E-state index in [1.165, 1.54) is 0 Å². The van der Waals surface area contributed by atoms with E-state index in [2.05, 4.69) is 0 Å². The van der Waals surface area contributed by atoms with Crippen LogP contribution in [-0.2, 0) is 20.9 Å². The molecule has 0 aromatic heterocycles. The quantitative estimate of drug-likeness (QED) is 0.864. The monoisotopic (exact) mass is 293 g/mol. The number of carboxylic acid groups (broad SMARTS) is 2. The Hall–Kier alpha value is -2.57. The van der Waals surface area contributed by atoms with Gasteiger partial charge in [-0.1, -0.05) is 30.3 Å². The summed E-state index contributed by atoms with van der Waals surface area (Å²) in [6.45, 7) is -0.139. The number of aliphatic carboxylic acids is 2. The van der Waals surface area contributed by atoms with Gasteiger partial charge in [-0.25, -0.2) is 9.59 Å². The maximum absolute atomic E-state index is 11.9. The van der Waals surface area contributed by atoms with Crippen LogP contribution in [0.15, 0.2) is 30.3 Å². The highest BCUT2D eigenvalue weighted by Gasteiger charge is 2.43. The van der Waals surface area contributed by atoms with Gasteiger partial charge in [-0.2, -0.15) is 0 Å². The zero-order chi connectivity index (χ0) is 15.4. The van der Waals surface area contributed by atoms with Gasteiger partial charge in [0.1, 0.15) is 12.6 Å². The normalized spacial score (nSPS) is 21.0. The molecule has 0 aliphatic carbocycles. The molecule has 0 saturated carbocycles. The largest absolute Gasteiger partial charge is 0.481 e. The van der Waals surface area contributed by atoms with Gasteiger partial charge in [-0.15, -0.1) is 0 Å². The van der Waals surface area contributed by atoms with Crippen LogP contribution in [0.4, 0.5) is 4.79 Å². The van der Waals surface area contributed by atoms with Crippen molar-refractivity contribution in [3.05, 3.63) is 35.9 Å². The minimum Gasteiger partial charge on any atom is -0.481 e. The van der Waals surface area contributed by atoms with Crippen LogP contribution < -0.4 is 0 Å². The summed E-state index contributed by atoms with van der Waals surface area (Å²) in [5.74, 6) is -3.22. The standard InChI is InChI=1S/C14H15NO6/c16-12(17)10-6-11(13(18)19)15(7-10)14(20)21-8-9-4-2-1-3-5-9/h1-5,10-11H,6-8H2,(H,16,17)(H,18,19)/t10?,11-/m1/s1. The van der Waals surface area contributed by atoms with Gasteiger partial charge in [0.15, 0.2) is 0 Å². The number of carboxylic acids is 2. The summed E-state index contributed by atoms with van der Waals surface area (Å²) in [6.07, 6.45) is -0.916. The van der Waals surface area contributed by atoms with Crippen LogP contribution in [0.5, 0.6) is 0 Å². The topological polar surface area (TPSA) is 104 Å². The third-order valence-corrected chi connectivity index (χ3v) is 3.38. The second-order valence-electron chi connectivity index (χ2n) is 4.82. The lowest BCUT2D eigenvalue weighted by molar-refractivity contribution is -0.141. The van der Waals surface area contributed by atoms with Crippen LogP contribution >= 0.6 is 0 Å². The number of amides is 1. The lowest BCUT2D eigenvalue weighted by Gasteiger charge is -2.20. The number of carbonyl (C=O) groups is 3. The number of hydrogen-bond acceptors (Lipinski definition) is 4. The number of rotatable bonds is 4. The van der Waals surface area contributed by atoms with Crippen molar-refractivity contribution >= 4 is 18.0 Å². The summed E-state index contributed by atoms with van der Waals surface area (Å²) in [4.78, 5) is 35.0. The Labute approximate surface area is 120 Å². The Morgan fingerprint density at radius 1 is 1.14 bits per heavy atom. The summed E-state index contributed by atoms with van der Waals surface area (Å²) in [5.41, 5.74) is 0.770. The molecular formula is C14H15NO6. The molecule has 1 aromatic rings. The first-order valence-corrected chi connectivity index (χ1v) is 6.42. The van der Waals surface area contributed by atoms with Gasteiger partial charge in [0, 0.05) is 6.54 Å². The molecule has 7 nitrogen and oxygen atoms in total. The summed E-state index contributed by atoms with van der Waals surface area (Å²) < 4.78 is 5.05. The molecule has 1 aliphatic heterocycles. The SMILES string of the molecule is O=C(O)C1C[C@H](C(=O)O)N(C(=O)OCc2ccccc2)C1. The van der Waals surface area contributed by atoms with E-state index in [9.17, 15) is 14.4 Å². The van der Waals surface area contributed by atoms with E-state index >= 15 is 0 Å². The van der Waals surface area contributed by atoms with E-state index in [-0.39, 0.29) is 19.6 Å². The van der Waals surface area contributed by atoms with E-state index in [1.54, 1.807) is 24.3 Å². The Balaban J connectivity index is 1.99. The molecule has 112 valence electrons. The minimum absolute atomic E-state index is 0.0141. The Kier molecular flexibility index (Phi) is 4.42. The van der Waals surface area contributed by atoms with Gasteiger partial charge in [-0.05, 0) is 12.0 Å². The smallest absolute Gasteiger partial charge is 0.410 e. The van der Waals surface area contributed by atoms with Crippen LogP contribution in [0.1, 0.15) is 12.0 Å². The number of hydrogen-bond donors (Lipinski definition) is 2. The fraction of sp³-hybridized carbons (Fsp3) is 0.357. The minimum atomic E-state index is -1.23. The van der Waals surface area contributed by atoms with Crippen molar-refractivity contribution in [2.24, 2.45) is 5.92 Å². The predicted octanol–water partition coefficient (Wildman–Crippen LogP) is 1.18. The van der Waals surface area contributed by atoms with E-state index in [0.29, 0.717) is 0 Å². The van der Waals surface area contributed by atoms with Crippen molar-refractivity contribution in [2.45, 2.75) is 19.1 Å². The lowest BCUT2D eigenvalue weighted by Crippen LogP contribution is -2.40. The van der Waals surface area contributed by atoms with Crippen LogP contribution in [0.2, 0.25) is 0 Å². The average molecular weight is 293 g/mol. The van der Waals surface area contributed by atoms with E-state index in [0.717, 1.165) is 10.5 Å². The molecule has 1 aliphatic rings. The Morgan fingerprint density at radius 2 is 1.81 bits per heavy atom. The molecule has 2 N–H and O–H groups in total. The number of ether oxygens (including phenoxy) is 1. The molecule has 0 bridgehead atoms. The molecule has 1 unspecified atom stereocenters. The molecule has 7 heteroatoms. The molecule has 1 saturated heterocycles. The molecule has 2 rings (SSSR count). The highest BCUT2D eigenvalue weighted by atomic mass is 16.6. The maximum atomic E-state index is 11.9. The van der Waals surface area contributed by atoms with Crippen LogP contribution in [0.25, 0.3) is 0 Å². The van der Waals surface area contributed by atoms with Crippen LogP contribution in [0, 0.1) is 5.92 Å². The molecule has 2 atom stereocenters. The predicted molar refractivity (Wildman–Crippen MR) is 70.5 cm³/mol. The van der Waals surface area contributed by atoms with Gasteiger partial charge in [0.05, 0.1) is 5.92 Å². The molecule has 1 heterocycles. The van der Waals surface area contributed by atoms with Crippen LogP contribution in [0.3, 0.4) is 0 Å². The van der Waals surface area contributed by atoms with E-state index in [1.807, 2.05) is 6.07 Å². The molecule has 1 aromatic carbocycles. The first-order valence-electron chi connectivity index (χ1n) is 6.42. The van der Waals surface area contributed by atoms with Crippen molar-refractivity contribution in [1.82, 2.24) is 4.90 Å². The van der Waals surface area contributed by atoms with Gasteiger partial charge in [0.2, 0.25) is 0 Å². The molecule has 0 spiro atoms. The van der Waals surface area contributed by atoms with Gasteiger partial charge >= 0.3 is 18.0 Å². The van der Waals surface area contributed by atoms with E-state index < -0.39 is 30.0 Å². The summed E-state index contributed by atoms with van der Waals surface area (Å²) in [7, 11) is 0. The van der Waals surface area contributed by atoms with E-state index in [4.69, 9.17) is 14.9 Å². The van der Waals surface area contributed by atoms with Crippen LogP contribution in [-0.4, -0.2) is 45.7 Å². The first kappa shape index (κ1) is 14.8. The van der Waals surface area contributed by atoms with Gasteiger partial charge < -0.3 is 14.9 Å². The molecule has 1 amide bonds. The average Bonchev–Trinajstić information content (AvgIpc) is 2.91. The van der Waals surface area contributed by atoms with Crippen molar-refractivity contribution in [3.63, 3.8) is 0 Å². The lowest BCUT2D eigenvalue weighted by atomic mass is 10.1. The van der Waals surface area contributed by atoms with Gasteiger partial charge in [-0.3, -0.25) is 9.69 Å². The zero-order valence-electron chi connectivity index (χ0n) is 11.1. The second kappa shape index (κ2) is 6.25. The number of likely N-dealkylation sites (tertiary alicyclic amines) is 1. The molecule has 21 heavy (non-hydrogen) atoms. The highest BCUT2D eigenvalue weighted by molar-refractivity contribution is 5.83. The van der Waals surface area contributed by atoms with Crippen molar-refractivity contribution in [3.8, 4) is 0 Å². The Bertz CT molecular complexity index is 544. The number of carbonyl (C=O) groups excluding carboxylic acids is 1. The maximum Gasteiger partial charge on any atom is 0.410 e. The summed E-state index contributed by atoms with van der Waals surface area (Å²) in [5, 5.41) is 18.0. The second-order valence-corrected chi connectivity index (χ2v) is 4.82. The summed E-state index contributed by atoms with van der Waals surface area (Å²) >= 11 is 0. The molecule has 1 fully saturated rings. The van der Waals surface area contributed by atoms with Crippen molar-refractivity contribution in [1.29, 1.82) is 0 Å². The third-order valence-electron chi connectivity index (χ3n) is 3.38. The van der Waals surface area contributed by atoms with Crippen molar-refractivity contribution in [2.75, 3.05) is 6.54 Å². The fourth-order valence-electron chi connectivity index (χ4n) is 2.25. The number of benzene rings is 1. The van der Waals surface area contributed by atoms with Crippen molar-refractivity contribution < 1.29 is 29.3 Å². The first-order chi connectivity index (χ1) is 9.99. The highest BCUT2D eigenvalue weighted by Crippen LogP contribution is 2.24. The van der Waals surface area contributed by atoms with Gasteiger partial charge in [0.25, 0.3) is 0 Å². The fourth-order valence-corrected chi connectivity index (χ4v) is 2.25. The Morgan fingerprint density at radius 3 is 2.38 bits per heavy atom. The molecular weight excluding hydrogens is 278 g/mol. The third kappa shape index (κ3) is 3.50. The number of nitrogens with zero attached hydrogens (tertiary/aromatic N) is 1. The summed E-state index contributed by atoms with van der Waals surface area (Å²) in [6, 6.07) is 7.79. The molecule has 0 radical (unpaired) electrons. The zero-order valence-corrected chi connectivity index (χ0v) is 11.1.